The number of nitrogens with zero attached hydrogens (tertiary/aromatic N) is 2. The quantitative estimate of drug-likeness (QED) is 0.834. The molecule has 1 aromatic heterocycles. The fourth-order valence-electron chi connectivity index (χ4n) is 2.99. The first-order valence-electron chi connectivity index (χ1n) is 8.34. The molecule has 3 rings (SSSR count). The van der Waals surface area contributed by atoms with E-state index in [9.17, 15) is 0 Å². The van der Waals surface area contributed by atoms with Crippen LogP contribution in [-0.4, -0.2) is 49.8 Å². The Bertz CT molecular complexity index is 623. The van der Waals surface area contributed by atoms with E-state index in [1.165, 1.54) is 10.4 Å². The second-order valence-electron chi connectivity index (χ2n) is 5.91. The van der Waals surface area contributed by atoms with Crippen LogP contribution in [0, 0.1) is 6.92 Å². The van der Waals surface area contributed by atoms with Gasteiger partial charge in [-0.1, -0.05) is 12.1 Å². The number of rotatable bonds is 7. The summed E-state index contributed by atoms with van der Waals surface area (Å²) < 4.78 is 10.8. The topological polar surface area (TPSA) is 46.6 Å². The molecule has 1 aromatic carbocycles. The molecule has 2 aromatic rings. The Morgan fingerprint density at radius 3 is 2.67 bits per heavy atom. The van der Waals surface area contributed by atoms with Crippen molar-refractivity contribution in [3.63, 3.8) is 0 Å². The number of morpholine rings is 1. The third-order valence-electron chi connectivity index (χ3n) is 4.29. The molecule has 1 atom stereocenters. The van der Waals surface area contributed by atoms with E-state index in [0.717, 1.165) is 50.1 Å². The fourth-order valence-corrected chi connectivity index (χ4v) is 3.76. The third kappa shape index (κ3) is 4.54. The molecule has 1 saturated heterocycles. The Morgan fingerprint density at radius 2 is 2.04 bits per heavy atom. The molecule has 1 fully saturated rings. The Morgan fingerprint density at radius 1 is 1.29 bits per heavy atom. The summed E-state index contributed by atoms with van der Waals surface area (Å²) in [5.74, 6) is 0.896. The van der Waals surface area contributed by atoms with Gasteiger partial charge in [-0.2, -0.15) is 0 Å². The van der Waals surface area contributed by atoms with E-state index < -0.39 is 0 Å². The summed E-state index contributed by atoms with van der Waals surface area (Å²) in [6, 6.07) is 8.74. The lowest BCUT2D eigenvalue weighted by atomic mass is 10.0. The summed E-state index contributed by atoms with van der Waals surface area (Å²) in [5.41, 5.74) is 1.31. The maximum absolute atomic E-state index is 5.51. The normalized spacial score (nSPS) is 16.9. The van der Waals surface area contributed by atoms with Gasteiger partial charge >= 0.3 is 0 Å². The molecule has 0 saturated carbocycles. The molecule has 0 aliphatic carbocycles. The molecule has 24 heavy (non-hydrogen) atoms. The fraction of sp³-hybridized carbons (Fsp3) is 0.500. The first-order valence-corrected chi connectivity index (χ1v) is 9.15. The van der Waals surface area contributed by atoms with Gasteiger partial charge in [0.05, 0.1) is 25.3 Å². The van der Waals surface area contributed by atoms with E-state index in [4.69, 9.17) is 9.47 Å². The number of benzene rings is 1. The number of nitrogens with one attached hydrogen (secondary N) is 1. The van der Waals surface area contributed by atoms with Crippen LogP contribution in [0.5, 0.6) is 5.75 Å². The zero-order chi connectivity index (χ0) is 16.8. The molecule has 6 heteroatoms. The van der Waals surface area contributed by atoms with Crippen LogP contribution in [0.4, 0.5) is 0 Å². The molecule has 1 unspecified atom stereocenters. The van der Waals surface area contributed by atoms with E-state index in [2.05, 4.69) is 27.3 Å². The first kappa shape index (κ1) is 17.4. The molecule has 5 nitrogen and oxygen atoms in total. The van der Waals surface area contributed by atoms with Crippen LogP contribution in [0.1, 0.15) is 21.5 Å². The monoisotopic (exact) mass is 347 g/mol. The average Bonchev–Trinajstić information content (AvgIpc) is 3.05. The van der Waals surface area contributed by atoms with Gasteiger partial charge in [-0.05, 0) is 24.6 Å². The number of ether oxygens (including phenoxy) is 2. The average molecular weight is 347 g/mol. The maximum Gasteiger partial charge on any atom is 0.118 e. The van der Waals surface area contributed by atoms with Crippen LogP contribution >= 0.6 is 11.3 Å². The highest BCUT2D eigenvalue weighted by molar-refractivity contribution is 7.11. The lowest BCUT2D eigenvalue weighted by Crippen LogP contribution is -2.42. The summed E-state index contributed by atoms with van der Waals surface area (Å²) in [4.78, 5) is 8.10. The van der Waals surface area contributed by atoms with Crippen LogP contribution in [0.25, 0.3) is 0 Å². The highest BCUT2D eigenvalue weighted by atomic mass is 32.1. The Labute approximate surface area is 147 Å². The molecular formula is C18H25N3O2S. The molecule has 1 aliphatic heterocycles. The zero-order valence-corrected chi connectivity index (χ0v) is 15.1. The molecule has 2 heterocycles. The minimum atomic E-state index is 0.342. The van der Waals surface area contributed by atoms with Crippen molar-refractivity contribution in [1.29, 1.82) is 0 Å². The number of aryl methyl sites for hydroxylation is 1. The summed E-state index contributed by atoms with van der Waals surface area (Å²) in [6.07, 6.45) is 1.96. The highest BCUT2D eigenvalue weighted by Crippen LogP contribution is 2.24. The van der Waals surface area contributed by atoms with E-state index in [1.54, 1.807) is 18.4 Å². The Hall–Kier alpha value is -1.47. The first-order chi connectivity index (χ1) is 11.8. The molecule has 1 aliphatic rings. The minimum absolute atomic E-state index is 0.342. The SMILES string of the molecule is COc1ccc(C(CNCc2cnc(C)s2)N2CCOCC2)cc1. The van der Waals surface area contributed by atoms with Crippen molar-refractivity contribution in [3.8, 4) is 5.75 Å². The predicted molar refractivity (Wildman–Crippen MR) is 96.7 cm³/mol. The van der Waals surface area contributed by atoms with Gasteiger partial charge in [0, 0.05) is 43.3 Å². The highest BCUT2D eigenvalue weighted by Gasteiger charge is 2.22. The van der Waals surface area contributed by atoms with Gasteiger partial charge in [-0.25, -0.2) is 4.98 Å². The number of methoxy groups -OCH3 is 1. The smallest absolute Gasteiger partial charge is 0.118 e. The minimum Gasteiger partial charge on any atom is -0.497 e. The van der Waals surface area contributed by atoms with Crippen molar-refractivity contribution in [2.75, 3.05) is 40.0 Å². The van der Waals surface area contributed by atoms with Crippen molar-refractivity contribution in [1.82, 2.24) is 15.2 Å². The largest absolute Gasteiger partial charge is 0.497 e. The summed E-state index contributed by atoms with van der Waals surface area (Å²) in [7, 11) is 1.70. The lowest BCUT2D eigenvalue weighted by Gasteiger charge is -2.35. The number of aromatic nitrogens is 1. The summed E-state index contributed by atoms with van der Waals surface area (Å²) in [5, 5.41) is 4.71. The van der Waals surface area contributed by atoms with E-state index >= 15 is 0 Å². The van der Waals surface area contributed by atoms with Gasteiger partial charge in [0.2, 0.25) is 0 Å². The van der Waals surface area contributed by atoms with Crippen LogP contribution in [0.2, 0.25) is 0 Å². The van der Waals surface area contributed by atoms with Crippen LogP contribution in [-0.2, 0) is 11.3 Å². The predicted octanol–water partition coefficient (Wildman–Crippen LogP) is 2.62. The van der Waals surface area contributed by atoms with Gasteiger partial charge in [-0.15, -0.1) is 11.3 Å². The number of hydrogen-bond acceptors (Lipinski definition) is 6. The van der Waals surface area contributed by atoms with Gasteiger partial charge in [0.1, 0.15) is 5.75 Å². The maximum atomic E-state index is 5.51. The third-order valence-corrected chi connectivity index (χ3v) is 5.21. The van der Waals surface area contributed by atoms with Crippen LogP contribution < -0.4 is 10.1 Å². The standard InChI is InChI=1S/C18H25N3O2S/c1-14-20-12-17(24-14)11-19-13-18(21-7-9-23-10-8-21)15-3-5-16(22-2)6-4-15/h3-6,12,18-19H,7-11,13H2,1-2H3. The van der Waals surface area contributed by atoms with Crippen LogP contribution in [0.3, 0.4) is 0 Å². The molecule has 0 bridgehead atoms. The van der Waals surface area contributed by atoms with Gasteiger partial charge < -0.3 is 14.8 Å². The van der Waals surface area contributed by atoms with Crippen LogP contribution in [0.15, 0.2) is 30.5 Å². The second-order valence-corrected chi connectivity index (χ2v) is 7.23. The van der Waals surface area contributed by atoms with E-state index in [0.29, 0.717) is 6.04 Å². The van der Waals surface area contributed by atoms with Crippen molar-refractivity contribution in [2.45, 2.75) is 19.5 Å². The van der Waals surface area contributed by atoms with Gasteiger partial charge in [-0.3, -0.25) is 4.90 Å². The van der Waals surface area contributed by atoms with Gasteiger partial charge in [0.15, 0.2) is 0 Å². The molecule has 1 N–H and O–H groups in total. The Balaban J connectivity index is 1.66. The summed E-state index contributed by atoms with van der Waals surface area (Å²) >= 11 is 1.75. The molecule has 0 spiro atoms. The number of thiazole rings is 1. The van der Waals surface area contributed by atoms with E-state index in [-0.39, 0.29) is 0 Å². The number of hydrogen-bond donors (Lipinski definition) is 1. The zero-order valence-electron chi connectivity index (χ0n) is 14.3. The Kier molecular flexibility index (Phi) is 6.20. The lowest BCUT2D eigenvalue weighted by molar-refractivity contribution is 0.0161. The molecular weight excluding hydrogens is 322 g/mol. The molecule has 0 radical (unpaired) electrons. The van der Waals surface area contributed by atoms with E-state index in [1.807, 2.05) is 25.3 Å². The van der Waals surface area contributed by atoms with Crippen molar-refractivity contribution < 1.29 is 9.47 Å². The van der Waals surface area contributed by atoms with Crippen molar-refractivity contribution in [2.24, 2.45) is 0 Å². The van der Waals surface area contributed by atoms with Gasteiger partial charge in [0.25, 0.3) is 0 Å². The molecule has 0 amide bonds. The summed E-state index contributed by atoms with van der Waals surface area (Å²) in [6.45, 7) is 7.37. The van der Waals surface area contributed by atoms with Crippen molar-refractivity contribution >= 4 is 11.3 Å². The second kappa shape index (κ2) is 8.58. The van der Waals surface area contributed by atoms with Crippen molar-refractivity contribution in [3.05, 3.63) is 45.9 Å². The molecule has 130 valence electrons.